The minimum absolute atomic E-state index is 0.00934. The van der Waals surface area contributed by atoms with Crippen LogP contribution in [0.4, 0.5) is 26.7 Å². The quantitative estimate of drug-likeness (QED) is 0.201. The van der Waals surface area contributed by atoms with E-state index in [1.165, 1.54) is 12.1 Å². The molecule has 41 heavy (non-hydrogen) atoms. The van der Waals surface area contributed by atoms with E-state index in [0.717, 1.165) is 24.3 Å². The Balaban J connectivity index is 1.60. The van der Waals surface area contributed by atoms with Gasteiger partial charge in [0.25, 0.3) is 5.91 Å². The number of amides is 2. The lowest BCUT2D eigenvalue weighted by molar-refractivity contribution is -0.137. The number of hydrogen-bond donors (Lipinski definition) is 2. The second-order valence-electron chi connectivity index (χ2n) is 8.40. The summed E-state index contributed by atoms with van der Waals surface area (Å²) in [5, 5.41) is 2.42. The van der Waals surface area contributed by atoms with Gasteiger partial charge >= 0.3 is 12.3 Å². The summed E-state index contributed by atoms with van der Waals surface area (Å²) in [7, 11) is 0. The van der Waals surface area contributed by atoms with E-state index >= 15 is 0 Å². The highest BCUT2D eigenvalue weighted by atomic mass is 79.9. The number of nitrogens with one attached hydrogen (secondary N) is 1. The van der Waals surface area contributed by atoms with Gasteiger partial charge in [-0.3, -0.25) is 4.79 Å². The fourth-order valence-corrected chi connectivity index (χ4v) is 4.07. The molecule has 1 atom stereocenters. The van der Waals surface area contributed by atoms with Crippen LogP contribution in [0.5, 0.6) is 5.75 Å². The van der Waals surface area contributed by atoms with Crippen molar-refractivity contribution in [2.45, 2.75) is 18.9 Å². The molecule has 14 heteroatoms. The fraction of sp³-hybridized carbons (Fsp3) is 0.148. The number of alkyl halides is 3. The van der Waals surface area contributed by atoms with Gasteiger partial charge in [0.2, 0.25) is 5.89 Å². The van der Waals surface area contributed by atoms with E-state index in [9.17, 15) is 31.5 Å². The predicted molar refractivity (Wildman–Crippen MR) is 138 cm³/mol. The summed E-state index contributed by atoms with van der Waals surface area (Å²) < 4.78 is 84.1. The van der Waals surface area contributed by atoms with Crippen molar-refractivity contribution < 1.29 is 45.4 Å². The van der Waals surface area contributed by atoms with Crippen LogP contribution in [0.3, 0.4) is 0 Å². The van der Waals surface area contributed by atoms with Crippen LogP contribution in [-0.2, 0) is 17.5 Å². The number of halogens is 6. The number of hydrogen-bond acceptors (Lipinski definition) is 6. The van der Waals surface area contributed by atoms with Gasteiger partial charge in [-0.1, -0.05) is 42.5 Å². The Labute approximate surface area is 237 Å². The van der Waals surface area contributed by atoms with Crippen molar-refractivity contribution in [2.24, 2.45) is 5.73 Å². The number of carbonyl (C=O) groups excluding carboxylic acids is 2. The van der Waals surface area contributed by atoms with Crippen molar-refractivity contribution in [3.05, 3.63) is 106 Å². The summed E-state index contributed by atoms with van der Waals surface area (Å²) in [5.41, 5.74) is 4.17. The van der Waals surface area contributed by atoms with Crippen LogP contribution in [0.15, 0.2) is 75.8 Å². The van der Waals surface area contributed by atoms with E-state index in [1.54, 1.807) is 30.3 Å². The topological polar surface area (TPSA) is 117 Å². The van der Waals surface area contributed by atoms with Crippen LogP contribution in [0.1, 0.15) is 33.5 Å². The minimum Gasteiger partial charge on any atom is -0.476 e. The Morgan fingerprint density at radius 2 is 1.71 bits per heavy atom. The van der Waals surface area contributed by atoms with Crippen LogP contribution in [0.25, 0.3) is 11.3 Å². The first kappa shape index (κ1) is 29.5. The molecule has 0 spiro atoms. The lowest BCUT2D eigenvalue weighted by Crippen LogP contribution is -2.31. The molecule has 0 saturated carbocycles. The van der Waals surface area contributed by atoms with Crippen molar-refractivity contribution in [1.29, 1.82) is 0 Å². The Morgan fingerprint density at radius 1 is 1.02 bits per heavy atom. The van der Waals surface area contributed by atoms with Crippen LogP contribution >= 0.6 is 15.9 Å². The number of aromatic nitrogens is 1. The predicted octanol–water partition coefficient (Wildman–Crippen LogP) is 6.55. The zero-order chi connectivity index (χ0) is 29.7. The molecular weight excluding hydrogens is 621 g/mol. The molecule has 8 nitrogen and oxygen atoms in total. The van der Waals surface area contributed by atoms with Crippen LogP contribution in [0, 0.1) is 11.6 Å². The van der Waals surface area contributed by atoms with Crippen LogP contribution in [0.2, 0.25) is 0 Å². The number of carbonyl (C=O) groups is 2. The number of oxazole rings is 1. The van der Waals surface area contributed by atoms with Gasteiger partial charge in [-0.15, -0.1) is 0 Å². The van der Waals surface area contributed by atoms with Gasteiger partial charge in [0.1, 0.15) is 23.7 Å². The van der Waals surface area contributed by atoms with Crippen molar-refractivity contribution in [1.82, 2.24) is 10.3 Å². The SMILES string of the molecule is NC(=O)c1c(F)ccc(O[C@@H](CNC(=O)OCc2ccccc2)c2nc(-c3ccc(C(F)(F)F)cc3)c(Br)o2)c1F. The third-order valence-corrected chi connectivity index (χ3v) is 6.12. The molecule has 0 bridgehead atoms. The summed E-state index contributed by atoms with van der Waals surface area (Å²) in [5.74, 6) is -4.87. The second kappa shape index (κ2) is 12.4. The maximum atomic E-state index is 14.9. The first-order valence-electron chi connectivity index (χ1n) is 11.7. The van der Waals surface area contributed by atoms with Gasteiger partial charge in [-0.05, 0) is 45.8 Å². The fourth-order valence-electron chi connectivity index (χ4n) is 3.58. The number of alkyl carbamates (subject to hydrolysis) is 1. The number of primary amides is 1. The summed E-state index contributed by atoms with van der Waals surface area (Å²) in [6.07, 6.45) is -6.82. The van der Waals surface area contributed by atoms with Gasteiger partial charge < -0.3 is 24.9 Å². The zero-order valence-electron chi connectivity index (χ0n) is 20.7. The first-order chi connectivity index (χ1) is 19.4. The van der Waals surface area contributed by atoms with Gasteiger partial charge in [0.15, 0.2) is 22.3 Å². The molecule has 1 aromatic heterocycles. The third-order valence-electron chi connectivity index (χ3n) is 5.58. The van der Waals surface area contributed by atoms with Crippen molar-refractivity contribution >= 4 is 27.9 Å². The molecule has 3 N–H and O–H groups in total. The maximum Gasteiger partial charge on any atom is 0.416 e. The summed E-state index contributed by atoms with van der Waals surface area (Å²) in [6, 6.07) is 14.5. The smallest absolute Gasteiger partial charge is 0.416 e. The van der Waals surface area contributed by atoms with Crippen LogP contribution < -0.4 is 15.8 Å². The molecule has 4 aromatic rings. The largest absolute Gasteiger partial charge is 0.476 e. The molecule has 0 saturated heterocycles. The zero-order valence-corrected chi connectivity index (χ0v) is 22.3. The highest BCUT2D eigenvalue weighted by molar-refractivity contribution is 9.10. The molecule has 4 rings (SSSR count). The first-order valence-corrected chi connectivity index (χ1v) is 12.5. The number of nitrogens with two attached hydrogens (primary N) is 1. The normalized spacial score (nSPS) is 12.0. The van der Waals surface area contributed by atoms with Crippen LogP contribution in [-0.4, -0.2) is 23.5 Å². The number of ether oxygens (including phenoxy) is 2. The van der Waals surface area contributed by atoms with E-state index in [4.69, 9.17) is 19.6 Å². The average molecular weight is 640 g/mol. The summed E-state index contributed by atoms with van der Waals surface area (Å²) in [6.45, 7) is -0.481. The molecule has 214 valence electrons. The Bertz CT molecular complexity index is 1550. The Hall–Kier alpha value is -4.46. The molecule has 2 amide bonds. The number of rotatable bonds is 9. The average Bonchev–Trinajstić information content (AvgIpc) is 3.32. The van der Waals surface area contributed by atoms with Crippen molar-refractivity contribution in [3.8, 4) is 17.0 Å². The van der Waals surface area contributed by atoms with E-state index in [-0.39, 0.29) is 28.4 Å². The van der Waals surface area contributed by atoms with Crippen molar-refractivity contribution in [3.63, 3.8) is 0 Å². The minimum atomic E-state index is -4.55. The maximum absolute atomic E-state index is 14.9. The highest BCUT2D eigenvalue weighted by Crippen LogP contribution is 2.35. The van der Waals surface area contributed by atoms with E-state index in [0.29, 0.717) is 5.56 Å². The Morgan fingerprint density at radius 3 is 2.34 bits per heavy atom. The molecule has 3 aromatic carbocycles. The second-order valence-corrected chi connectivity index (χ2v) is 9.12. The molecule has 0 aliphatic carbocycles. The molecule has 0 radical (unpaired) electrons. The van der Waals surface area contributed by atoms with Gasteiger partial charge in [-0.2, -0.15) is 13.2 Å². The number of nitrogens with zero attached hydrogens (tertiary/aromatic N) is 1. The standard InChI is InChI=1S/C27H19BrF5N3O5/c28-23-22(15-6-8-16(9-7-15)27(31,32)33)36-25(41-23)19(12-35-26(38)39-13-14-4-2-1-3-5-14)40-18-11-10-17(29)20(21(18)30)24(34)37/h1-11,19H,12-13H2,(H2,34,37)(H,35,38)/t19-/m0/s1. The van der Waals surface area contributed by atoms with Gasteiger partial charge in [0, 0.05) is 5.56 Å². The van der Waals surface area contributed by atoms with Crippen molar-refractivity contribution in [2.75, 3.05) is 6.54 Å². The van der Waals surface area contributed by atoms with Gasteiger partial charge in [0.05, 0.1) is 12.1 Å². The molecule has 1 heterocycles. The molecule has 0 aliphatic heterocycles. The summed E-state index contributed by atoms with van der Waals surface area (Å²) >= 11 is 3.15. The monoisotopic (exact) mass is 639 g/mol. The van der Waals surface area contributed by atoms with E-state index in [2.05, 4.69) is 26.2 Å². The van der Waals surface area contributed by atoms with Gasteiger partial charge in [-0.25, -0.2) is 18.6 Å². The highest BCUT2D eigenvalue weighted by Gasteiger charge is 2.31. The molecule has 0 fully saturated rings. The number of benzene rings is 3. The third kappa shape index (κ3) is 7.20. The lowest BCUT2D eigenvalue weighted by atomic mass is 10.1. The molecule has 0 unspecified atom stereocenters. The summed E-state index contributed by atoms with van der Waals surface area (Å²) in [4.78, 5) is 28.1. The lowest BCUT2D eigenvalue weighted by Gasteiger charge is -2.18. The molecule has 0 aliphatic rings. The Kier molecular flexibility index (Phi) is 8.91. The molecular formula is C27H19BrF5N3O5. The van der Waals surface area contributed by atoms with E-state index in [1.807, 2.05) is 0 Å². The van der Waals surface area contributed by atoms with E-state index < -0.39 is 59.3 Å².